The maximum absolute atomic E-state index is 12.1. The van der Waals surface area contributed by atoms with Gasteiger partial charge in [0.15, 0.2) is 5.65 Å². The first-order valence-corrected chi connectivity index (χ1v) is 5.71. The van der Waals surface area contributed by atoms with Crippen molar-refractivity contribution in [1.29, 1.82) is 0 Å². The number of pyridine rings is 1. The SMILES string of the molecule is CC(C)[C@@H](NC(=O)c1cccc2nnnn12)C(=O)O. The quantitative estimate of drug-likeness (QED) is 0.801. The Bertz CT molecular complexity index is 622. The van der Waals surface area contributed by atoms with E-state index in [-0.39, 0.29) is 11.6 Å². The van der Waals surface area contributed by atoms with Crippen molar-refractivity contribution in [3.8, 4) is 0 Å². The summed E-state index contributed by atoms with van der Waals surface area (Å²) in [4.78, 5) is 23.1. The molecule has 2 rings (SSSR count). The summed E-state index contributed by atoms with van der Waals surface area (Å²) in [5.41, 5.74) is 0.610. The monoisotopic (exact) mass is 263 g/mol. The molecule has 0 bridgehead atoms. The molecule has 100 valence electrons. The van der Waals surface area contributed by atoms with Crippen molar-refractivity contribution in [3.63, 3.8) is 0 Å². The van der Waals surface area contributed by atoms with Crippen molar-refractivity contribution in [1.82, 2.24) is 25.4 Å². The van der Waals surface area contributed by atoms with Crippen molar-refractivity contribution >= 4 is 17.5 Å². The Morgan fingerprint density at radius 2 is 2.11 bits per heavy atom. The molecule has 19 heavy (non-hydrogen) atoms. The Kier molecular flexibility index (Phi) is 3.41. The van der Waals surface area contributed by atoms with E-state index in [1.807, 2.05) is 0 Å². The van der Waals surface area contributed by atoms with Crippen LogP contribution in [0.5, 0.6) is 0 Å². The van der Waals surface area contributed by atoms with Crippen molar-refractivity contribution in [2.45, 2.75) is 19.9 Å². The molecule has 0 aliphatic rings. The number of carboxylic acid groups (broad SMARTS) is 1. The molecule has 0 saturated heterocycles. The summed E-state index contributed by atoms with van der Waals surface area (Å²) in [5, 5.41) is 22.4. The average Bonchev–Trinajstić information content (AvgIpc) is 2.82. The number of fused-ring (bicyclic) bond motifs is 1. The first-order valence-electron chi connectivity index (χ1n) is 5.71. The average molecular weight is 263 g/mol. The van der Waals surface area contributed by atoms with Crippen LogP contribution < -0.4 is 5.32 Å². The van der Waals surface area contributed by atoms with Crippen LogP contribution in [0.4, 0.5) is 0 Å². The molecule has 0 aliphatic heterocycles. The van der Waals surface area contributed by atoms with Gasteiger partial charge in [0.1, 0.15) is 11.7 Å². The van der Waals surface area contributed by atoms with Crippen LogP contribution >= 0.6 is 0 Å². The van der Waals surface area contributed by atoms with Crippen LogP contribution in [-0.4, -0.2) is 43.1 Å². The van der Waals surface area contributed by atoms with Gasteiger partial charge in [0.25, 0.3) is 5.91 Å². The minimum atomic E-state index is -1.08. The second kappa shape index (κ2) is 5.01. The second-order valence-corrected chi connectivity index (χ2v) is 4.39. The molecule has 2 N–H and O–H groups in total. The number of aliphatic carboxylic acids is 1. The van der Waals surface area contributed by atoms with E-state index in [1.165, 1.54) is 10.6 Å². The maximum atomic E-state index is 12.1. The molecule has 2 heterocycles. The molecule has 8 nitrogen and oxygen atoms in total. The zero-order chi connectivity index (χ0) is 14.0. The van der Waals surface area contributed by atoms with Crippen LogP contribution in [0.1, 0.15) is 24.3 Å². The van der Waals surface area contributed by atoms with E-state index in [0.29, 0.717) is 5.65 Å². The maximum Gasteiger partial charge on any atom is 0.326 e. The summed E-state index contributed by atoms with van der Waals surface area (Å²) in [6, 6.07) is 3.84. The van der Waals surface area contributed by atoms with E-state index in [1.54, 1.807) is 26.0 Å². The highest BCUT2D eigenvalue weighted by molar-refractivity contribution is 5.95. The second-order valence-electron chi connectivity index (χ2n) is 4.39. The standard InChI is InChI=1S/C11H13N5O3/c1-6(2)9(11(18)19)12-10(17)7-4-3-5-8-13-14-15-16(7)8/h3-6,9H,1-2H3,(H,12,17)(H,18,19)/t9-/m1/s1. The van der Waals surface area contributed by atoms with Crippen molar-refractivity contribution in [2.75, 3.05) is 0 Å². The normalized spacial score (nSPS) is 12.6. The van der Waals surface area contributed by atoms with Gasteiger partial charge in [-0.15, -0.1) is 5.10 Å². The minimum Gasteiger partial charge on any atom is -0.480 e. The molecule has 2 aromatic heterocycles. The van der Waals surface area contributed by atoms with E-state index in [4.69, 9.17) is 5.11 Å². The molecule has 0 fully saturated rings. The van der Waals surface area contributed by atoms with Gasteiger partial charge in [-0.2, -0.15) is 4.52 Å². The van der Waals surface area contributed by atoms with Gasteiger partial charge in [-0.1, -0.05) is 19.9 Å². The van der Waals surface area contributed by atoms with Crippen molar-refractivity contribution in [2.24, 2.45) is 5.92 Å². The molecule has 0 aliphatic carbocycles. The van der Waals surface area contributed by atoms with Gasteiger partial charge in [-0.3, -0.25) is 4.79 Å². The largest absolute Gasteiger partial charge is 0.480 e. The van der Waals surface area contributed by atoms with Gasteiger partial charge in [0.05, 0.1) is 0 Å². The topological polar surface area (TPSA) is 109 Å². The van der Waals surface area contributed by atoms with Crippen LogP contribution in [0.3, 0.4) is 0 Å². The van der Waals surface area contributed by atoms with E-state index in [2.05, 4.69) is 20.8 Å². The number of hydrogen-bond donors (Lipinski definition) is 2. The number of rotatable bonds is 4. The lowest BCUT2D eigenvalue weighted by molar-refractivity contribution is -0.140. The third-order valence-corrected chi connectivity index (χ3v) is 2.67. The Labute approximate surface area is 108 Å². The van der Waals surface area contributed by atoms with Crippen molar-refractivity contribution < 1.29 is 14.7 Å². The lowest BCUT2D eigenvalue weighted by Gasteiger charge is -2.17. The molecular formula is C11H13N5O3. The summed E-state index contributed by atoms with van der Waals surface area (Å²) in [6.45, 7) is 3.44. The molecule has 2 aromatic rings. The molecule has 1 atom stereocenters. The first kappa shape index (κ1) is 12.9. The molecule has 0 unspecified atom stereocenters. The molecule has 0 radical (unpaired) electrons. The Hall–Kier alpha value is -2.51. The predicted molar refractivity (Wildman–Crippen MR) is 64.5 cm³/mol. The Morgan fingerprint density at radius 3 is 2.74 bits per heavy atom. The first-order chi connectivity index (χ1) is 9.00. The smallest absolute Gasteiger partial charge is 0.326 e. The Balaban J connectivity index is 2.29. The Morgan fingerprint density at radius 1 is 1.37 bits per heavy atom. The number of carboxylic acids is 1. The summed E-state index contributed by atoms with van der Waals surface area (Å²) in [5.74, 6) is -1.83. The number of hydrogen-bond acceptors (Lipinski definition) is 5. The molecule has 0 saturated carbocycles. The van der Waals surface area contributed by atoms with Crippen LogP contribution in [0.25, 0.3) is 5.65 Å². The van der Waals surface area contributed by atoms with Gasteiger partial charge in [-0.25, -0.2) is 4.79 Å². The van der Waals surface area contributed by atoms with Crippen LogP contribution in [-0.2, 0) is 4.79 Å². The highest BCUT2D eigenvalue weighted by atomic mass is 16.4. The number of carbonyl (C=O) groups is 2. The highest BCUT2D eigenvalue weighted by Gasteiger charge is 2.25. The molecule has 1 amide bonds. The van der Waals surface area contributed by atoms with Crippen LogP contribution in [0, 0.1) is 5.92 Å². The fraction of sp³-hybridized carbons (Fsp3) is 0.364. The van der Waals surface area contributed by atoms with E-state index < -0.39 is 17.9 Å². The number of nitrogens with one attached hydrogen (secondary N) is 1. The zero-order valence-corrected chi connectivity index (χ0v) is 10.4. The predicted octanol–water partition coefficient (Wildman–Crippen LogP) is -0.0367. The van der Waals surface area contributed by atoms with E-state index >= 15 is 0 Å². The van der Waals surface area contributed by atoms with Gasteiger partial charge in [-0.05, 0) is 28.5 Å². The summed E-state index contributed by atoms with van der Waals surface area (Å²) in [6.07, 6.45) is 0. The third-order valence-electron chi connectivity index (χ3n) is 2.67. The number of nitrogens with zero attached hydrogens (tertiary/aromatic N) is 4. The number of amides is 1. The van der Waals surface area contributed by atoms with Gasteiger partial charge in [0, 0.05) is 0 Å². The fourth-order valence-corrected chi connectivity index (χ4v) is 1.67. The highest BCUT2D eigenvalue weighted by Crippen LogP contribution is 2.06. The lowest BCUT2D eigenvalue weighted by Crippen LogP contribution is -2.44. The lowest BCUT2D eigenvalue weighted by atomic mass is 10.0. The summed E-state index contributed by atoms with van der Waals surface area (Å²) >= 11 is 0. The number of aromatic nitrogens is 4. The zero-order valence-electron chi connectivity index (χ0n) is 10.4. The fourth-order valence-electron chi connectivity index (χ4n) is 1.67. The van der Waals surface area contributed by atoms with Crippen molar-refractivity contribution in [3.05, 3.63) is 23.9 Å². The molecule has 8 heteroatoms. The van der Waals surface area contributed by atoms with Gasteiger partial charge < -0.3 is 10.4 Å². The van der Waals surface area contributed by atoms with E-state index in [0.717, 1.165) is 0 Å². The number of tetrazole rings is 1. The summed E-state index contributed by atoms with van der Waals surface area (Å²) in [7, 11) is 0. The van der Waals surface area contributed by atoms with Crippen LogP contribution in [0.2, 0.25) is 0 Å². The molecule has 0 aromatic carbocycles. The molecule has 0 spiro atoms. The third kappa shape index (κ3) is 2.51. The molecular weight excluding hydrogens is 250 g/mol. The minimum absolute atomic E-state index is 0.189. The van der Waals surface area contributed by atoms with Gasteiger partial charge in [0.2, 0.25) is 0 Å². The van der Waals surface area contributed by atoms with Gasteiger partial charge >= 0.3 is 5.97 Å². The summed E-state index contributed by atoms with van der Waals surface area (Å²) < 4.78 is 1.26. The number of carbonyl (C=O) groups excluding carboxylic acids is 1. The van der Waals surface area contributed by atoms with E-state index in [9.17, 15) is 9.59 Å². The van der Waals surface area contributed by atoms with Crippen LogP contribution in [0.15, 0.2) is 18.2 Å².